The van der Waals surface area contributed by atoms with Crippen LogP contribution in [0.1, 0.15) is 0 Å². The molecule has 0 bridgehead atoms. The molecule has 16 heteroatoms. The van der Waals surface area contributed by atoms with Gasteiger partial charge >= 0.3 is 17.9 Å². The summed E-state index contributed by atoms with van der Waals surface area (Å²) in [6.07, 6.45) is -0.787. The topological polar surface area (TPSA) is 207 Å². The Balaban J connectivity index is 2.92. The monoisotopic (exact) mass is 595 g/mol. The number of hydrogen-bond acceptors (Lipinski definition) is 13. The molecule has 0 aromatic rings. The first-order valence-electron chi connectivity index (χ1n) is 13.9. The lowest BCUT2D eigenvalue weighted by atomic mass is 10.2. The highest BCUT2D eigenvalue weighted by Crippen LogP contribution is 2.04. The van der Waals surface area contributed by atoms with Crippen LogP contribution in [0.25, 0.3) is 0 Å². The molecule has 6 N–H and O–H groups in total. The lowest BCUT2D eigenvalue weighted by Crippen LogP contribution is -2.50. The average molecular weight is 596 g/mol. The third kappa shape index (κ3) is 19.7. The van der Waals surface area contributed by atoms with Gasteiger partial charge in [-0.25, -0.2) is 0 Å². The van der Waals surface area contributed by atoms with Gasteiger partial charge in [-0.3, -0.25) is 38.9 Å². The van der Waals surface area contributed by atoms with Crippen molar-refractivity contribution in [3.8, 4) is 0 Å². The Morgan fingerprint density at radius 3 is 1.27 bits per heavy atom. The van der Waals surface area contributed by atoms with Crippen LogP contribution in [-0.4, -0.2) is 217 Å². The number of nitrogens with zero attached hydrogens (tertiary/aromatic N) is 5. The van der Waals surface area contributed by atoms with Gasteiger partial charge in [0.1, 0.15) is 0 Å². The van der Waals surface area contributed by atoms with Gasteiger partial charge in [0, 0.05) is 78.5 Å². The fourth-order valence-electron chi connectivity index (χ4n) is 4.48. The highest BCUT2D eigenvalue weighted by atomic mass is 16.5. The van der Waals surface area contributed by atoms with Gasteiger partial charge in [0.2, 0.25) is 0 Å². The number of hydrogen-bond donors (Lipinski definition) is 6. The zero-order chi connectivity index (χ0) is 30.5. The number of aliphatic hydroxyl groups is 3. The van der Waals surface area contributed by atoms with Crippen molar-refractivity contribution in [1.29, 1.82) is 0 Å². The maximum absolute atomic E-state index is 11.5. The highest BCUT2D eigenvalue weighted by Gasteiger charge is 2.22. The summed E-state index contributed by atoms with van der Waals surface area (Å²) in [5.74, 6) is -3.01. The number of aliphatic hydroxyl groups excluding tert-OH is 3. The number of ether oxygens (including phenoxy) is 2. The molecule has 0 radical (unpaired) electrons. The first kappa shape index (κ1) is 37.0. The Labute approximate surface area is 241 Å². The van der Waals surface area contributed by atoms with Crippen molar-refractivity contribution in [3.05, 3.63) is 0 Å². The summed E-state index contributed by atoms with van der Waals surface area (Å²) in [7, 11) is 0. The average Bonchev–Trinajstić information content (AvgIpc) is 2.89. The third-order valence-corrected chi connectivity index (χ3v) is 6.52. The first-order valence-corrected chi connectivity index (χ1v) is 13.9. The molecule has 1 aliphatic rings. The Morgan fingerprint density at radius 2 is 0.951 bits per heavy atom. The fourth-order valence-corrected chi connectivity index (χ4v) is 4.48. The van der Waals surface area contributed by atoms with Crippen molar-refractivity contribution < 1.29 is 54.5 Å². The van der Waals surface area contributed by atoms with Gasteiger partial charge in [-0.15, -0.1) is 0 Å². The van der Waals surface area contributed by atoms with E-state index in [9.17, 15) is 34.8 Å². The second-order valence-corrected chi connectivity index (χ2v) is 9.94. The zero-order valence-corrected chi connectivity index (χ0v) is 23.9. The Hall–Kier alpha value is -1.99. The normalized spacial score (nSPS) is 18.1. The molecular weight excluding hydrogens is 546 g/mol. The maximum Gasteiger partial charge on any atom is 0.317 e. The van der Waals surface area contributed by atoms with Gasteiger partial charge in [0.25, 0.3) is 0 Å². The van der Waals surface area contributed by atoms with Gasteiger partial charge in [-0.1, -0.05) is 0 Å². The first-order chi connectivity index (χ1) is 19.6. The Morgan fingerprint density at radius 1 is 0.610 bits per heavy atom. The van der Waals surface area contributed by atoms with Gasteiger partial charge in [-0.05, 0) is 0 Å². The van der Waals surface area contributed by atoms with Gasteiger partial charge in [0.15, 0.2) is 0 Å². The van der Waals surface area contributed by atoms with Crippen molar-refractivity contribution in [1.82, 2.24) is 24.5 Å². The molecule has 1 aliphatic heterocycles. The van der Waals surface area contributed by atoms with Gasteiger partial charge < -0.3 is 40.1 Å². The van der Waals surface area contributed by atoms with E-state index in [0.29, 0.717) is 85.2 Å². The summed E-state index contributed by atoms with van der Waals surface area (Å²) in [6, 6.07) is 0. The summed E-state index contributed by atoms with van der Waals surface area (Å²) in [5.41, 5.74) is 0. The third-order valence-electron chi connectivity index (χ3n) is 6.52. The number of carboxylic acid groups (broad SMARTS) is 3. The van der Waals surface area contributed by atoms with Crippen LogP contribution in [0.5, 0.6) is 0 Å². The van der Waals surface area contributed by atoms with Crippen molar-refractivity contribution >= 4 is 17.9 Å². The molecule has 1 fully saturated rings. The molecule has 1 unspecified atom stereocenters. The summed E-state index contributed by atoms with van der Waals surface area (Å²) in [5, 5.41) is 56.9. The van der Waals surface area contributed by atoms with E-state index in [1.54, 1.807) is 14.7 Å². The molecule has 1 saturated heterocycles. The van der Waals surface area contributed by atoms with Crippen LogP contribution in [-0.2, 0) is 23.9 Å². The van der Waals surface area contributed by atoms with Gasteiger partial charge in [0.05, 0.1) is 65.4 Å². The molecular formula is C25H49N5O11. The predicted octanol–water partition coefficient (Wildman–Crippen LogP) is -3.86. The van der Waals surface area contributed by atoms with E-state index in [4.69, 9.17) is 19.7 Å². The van der Waals surface area contributed by atoms with Crippen molar-refractivity contribution in [2.24, 2.45) is 0 Å². The molecule has 1 heterocycles. The lowest BCUT2D eigenvalue weighted by Gasteiger charge is -2.34. The molecule has 240 valence electrons. The standard InChI is InChI=1S/C25H49N5O11/c31-11-15-40-13-9-30(10-14-41-16-12-32)18-22(33)17-26-1-3-27(19-23(34)35)5-7-29(21-25(38)39)8-6-28(4-2-26)20-24(36)37/h22,31-33H,1-21H2,(H,34,35)(H,36,37)(H,38,39). The molecule has 0 amide bonds. The maximum atomic E-state index is 11.5. The van der Waals surface area contributed by atoms with E-state index in [1.807, 2.05) is 9.80 Å². The molecule has 0 saturated carbocycles. The summed E-state index contributed by atoms with van der Waals surface area (Å²) in [6.45, 7) is 4.68. The van der Waals surface area contributed by atoms with Crippen LogP contribution in [0.2, 0.25) is 0 Å². The minimum Gasteiger partial charge on any atom is -0.480 e. The zero-order valence-electron chi connectivity index (χ0n) is 23.9. The molecule has 41 heavy (non-hydrogen) atoms. The van der Waals surface area contributed by atoms with Gasteiger partial charge in [-0.2, -0.15) is 0 Å². The summed E-state index contributed by atoms with van der Waals surface area (Å²) in [4.78, 5) is 43.3. The number of carbonyl (C=O) groups is 3. The molecule has 16 nitrogen and oxygen atoms in total. The Bertz CT molecular complexity index is 692. The number of aliphatic carboxylic acids is 3. The number of rotatable bonds is 20. The molecule has 0 aliphatic carbocycles. The van der Waals surface area contributed by atoms with E-state index < -0.39 is 24.0 Å². The summed E-state index contributed by atoms with van der Waals surface area (Å²) < 4.78 is 10.7. The summed E-state index contributed by atoms with van der Waals surface area (Å²) >= 11 is 0. The van der Waals surface area contributed by atoms with E-state index in [2.05, 4.69) is 0 Å². The van der Waals surface area contributed by atoms with Crippen LogP contribution >= 0.6 is 0 Å². The van der Waals surface area contributed by atoms with Crippen LogP contribution in [0.15, 0.2) is 0 Å². The second kappa shape index (κ2) is 22.6. The van der Waals surface area contributed by atoms with Crippen LogP contribution in [0.4, 0.5) is 0 Å². The molecule has 0 aromatic heterocycles. The lowest BCUT2D eigenvalue weighted by molar-refractivity contribution is -0.140. The van der Waals surface area contributed by atoms with Crippen molar-refractivity contribution in [3.63, 3.8) is 0 Å². The smallest absolute Gasteiger partial charge is 0.317 e. The predicted molar refractivity (Wildman–Crippen MR) is 147 cm³/mol. The van der Waals surface area contributed by atoms with Crippen molar-refractivity contribution in [2.45, 2.75) is 6.10 Å². The van der Waals surface area contributed by atoms with Crippen LogP contribution in [0, 0.1) is 0 Å². The van der Waals surface area contributed by atoms with E-state index in [1.165, 1.54) is 0 Å². The van der Waals surface area contributed by atoms with Crippen LogP contribution in [0.3, 0.4) is 0 Å². The molecule has 1 atom stereocenters. The largest absolute Gasteiger partial charge is 0.480 e. The number of β-amino-alcohol motifs (C(OH)–C–C–N with tert-alkyl or cyclic N) is 1. The van der Waals surface area contributed by atoms with E-state index in [-0.39, 0.29) is 52.6 Å². The molecule has 0 aromatic carbocycles. The highest BCUT2D eigenvalue weighted by molar-refractivity contribution is 5.69. The van der Waals surface area contributed by atoms with Crippen molar-refractivity contribution in [2.75, 3.05) is 138 Å². The minimum atomic E-state index is -1.01. The van der Waals surface area contributed by atoms with E-state index >= 15 is 0 Å². The number of carboxylic acids is 3. The van der Waals surface area contributed by atoms with Crippen LogP contribution < -0.4 is 0 Å². The molecule has 0 spiro atoms. The Kier molecular flexibility index (Phi) is 20.4. The fraction of sp³-hybridized carbons (Fsp3) is 0.880. The van der Waals surface area contributed by atoms with E-state index in [0.717, 1.165) is 0 Å². The minimum absolute atomic E-state index is 0.0907. The molecule has 1 rings (SSSR count). The quantitative estimate of drug-likeness (QED) is 0.0745. The SMILES string of the molecule is O=C(O)CN1CCN(CC(=O)O)CCN(CC(O)CN(CCOCCO)CCOCCO)CCN(CC(=O)O)CC1. The second-order valence-electron chi connectivity index (χ2n) is 9.94.